The van der Waals surface area contributed by atoms with E-state index in [2.05, 4.69) is 15.0 Å². The van der Waals surface area contributed by atoms with Crippen LogP contribution in [0.2, 0.25) is 0 Å². The standard InChI is InChI=1S/C27H26FN3O4/c1-16-11-24(35-15-27(2,3)26(32)33)29-13-21(16)18-7-10-20(22(28)12-18)25-30-14-23(31-25)17-5-8-19(34-4)9-6-17/h5-14H,15H2,1-4H3,(H,30,31)(H,32,33). The molecule has 0 amide bonds. The van der Waals surface area contributed by atoms with Crippen LogP contribution in [0.4, 0.5) is 4.39 Å². The molecule has 0 aliphatic carbocycles. The van der Waals surface area contributed by atoms with Crippen molar-refractivity contribution in [3.05, 3.63) is 72.3 Å². The third-order valence-corrected chi connectivity index (χ3v) is 5.76. The van der Waals surface area contributed by atoms with Gasteiger partial charge in [-0.05, 0) is 73.9 Å². The van der Waals surface area contributed by atoms with Gasteiger partial charge in [-0.15, -0.1) is 0 Å². The number of carboxylic acid groups (broad SMARTS) is 1. The van der Waals surface area contributed by atoms with Gasteiger partial charge >= 0.3 is 5.97 Å². The molecule has 0 atom stereocenters. The average molecular weight is 476 g/mol. The molecule has 0 radical (unpaired) electrons. The summed E-state index contributed by atoms with van der Waals surface area (Å²) in [5, 5.41) is 9.23. The Kier molecular flexibility index (Phi) is 6.55. The van der Waals surface area contributed by atoms with Gasteiger partial charge in [0.25, 0.3) is 0 Å². The summed E-state index contributed by atoms with van der Waals surface area (Å²) in [6.45, 7) is 5.02. The monoisotopic (exact) mass is 475 g/mol. The van der Waals surface area contributed by atoms with Gasteiger partial charge < -0.3 is 19.6 Å². The number of rotatable bonds is 8. The third-order valence-electron chi connectivity index (χ3n) is 5.76. The lowest BCUT2D eigenvalue weighted by Crippen LogP contribution is -2.30. The molecule has 4 aromatic rings. The van der Waals surface area contributed by atoms with Crippen molar-refractivity contribution < 1.29 is 23.8 Å². The Hall–Kier alpha value is -4.20. The largest absolute Gasteiger partial charge is 0.497 e. The first-order valence-corrected chi connectivity index (χ1v) is 11.0. The molecule has 0 aliphatic heterocycles. The first-order chi connectivity index (χ1) is 16.7. The lowest BCUT2D eigenvalue weighted by molar-refractivity contribution is -0.148. The molecule has 180 valence electrons. The molecule has 4 rings (SSSR count). The van der Waals surface area contributed by atoms with E-state index in [-0.39, 0.29) is 6.61 Å². The number of aliphatic carboxylic acids is 1. The van der Waals surface area contributed by atoms with Crippen molar-refractivity contribution in [1.29, 1.82) is 0 Å². The Morgan fingerprint density at radius 3 is 2.37 bits per heavy atom. The maximum absolute atomic E-state index is 15.1. The highest BCUT2D eigenvalue weighted by Gasteiger charge is 2.28. The maximum atomic E-state index is 15.1. The molecule has 2 aromatic carbocycles. The van der Waals surface area contributed by atoms with Crippen molar-refractivity contribution >= 4 is 5.97 Å². The normalized spacial score (nSPS) is 11.3. The molecule has 8 heteroatoms. The molecule has 0 unspecified atom stereocenters. The number of hydrogen-bond donors (Lipinski definition) is 2. The highest BCUT2D eigenvalue weighted by atomic mass is 19.1. The lowest BCUT2D eigenvalue weighted by atomic mass is 9.95. The number of methoxy groups -OCH3 is 1. The minimum absolute atomic E-state index is 0.0148. The van der Waals surface area contributed by atoms with E-state index in [4.69, 9.17) is 9.47 Å². The highest BCUT2D eigenvalue weighted by molar-refractivity contribution is 5.74. The van der Waals surface area contributed by atoms with Gasteiger partial charge in [0.15, 0.2) is 0 Å². The Balaban J connectivity index is 1.53. The van der Waals surface area contributed by atoms with E-state index >= 15 is 4.39 Å². The van der Waals surface area contributed by atoms with Gasteiger partial charge in [0.05, 0.1) is 30.0 Å². The van der Waals surface area contributed by atoms with Gasteiger partial charge in [-0.25, -0.2) is 14.4 Å². The van der Waals surface area contributed by atoms with Crippen LogP contribution in [0, 0.1) is 18.2 Å². The van der Waals surface area contributed by atoms with E-state index in [0.717, 1.165) is 28.1 Å². The number of aryl methyl sites for hydroxylation is 1. The fourth-order valence-corrected chi connectivity index (χ4v) is 3.48. The Morgan fingerprint density at radius 1 is 1.03 bits per heavy atom. The number of ether oxygens (including phenoxy) is 2. The number of nitrogens with zero attached hydrogens (tertiary/aromatic N) is 2. The molecule has 0 saturated carbocycles. The number of carbonyl (C=O) groups is 1. The van der Waals surface area contributed by atoms with Gasteiger partial charge in [-0.3, -0.25) is 4.79 Å². The molecule has 0 saturated heterocycles. The Morgan fingerprint density at radius 2 is 1.74 bits per heavy atom. The van der Waals surface area contributed by atoms with E-state index in [1.807, 2.05) is 37.3 Å². The van der Waals surface area contributed by atoms with Crippen LogP contribution in [0.3, 0.4) is 0 Å². The van der Waals surface area contributed by atoms with Crippen molar-refractivity contribution in [3.63, 3.8) is 0 Å². The summed E-state index contributed by atoms with van der Waals surface area (Å²) in [4.78, 5) is 23.1. The second-order valence-corrected chi connectivity index (χ2v) is 8.88. The molecule has 0 spiro atoms. The van der Waals surface area contributed by atoms with Crippen LogP contribution in [0.25, 0.3) is 33.8 Å². The van der Waals surface area contributed by atoms with E-state index in [1.165, 1.54) is 6.07 Å². The van der Waals surface area contributed by atoms with Crippen molar-refractivity contribution in [2.24, 2.45) is 5.41 Å². The van der Waals surface area contributed by atoms with E-state index in [0.29, 0.717) is 22.8 Å². The number of pyridine rings is 1. The van der Waals surface area contributed by atoms with Crippen LogP contribution < -0.4 is 9.47 Å². The van der Waals surface area contributed by atoms with Gasteiger partial charge in [0.2, 0.25) is 5.88 Å². The fourth-order valence-electron chi connectivity index (χ4n) is 3.48. The summed E-state index contributed by atoms with van der Waals surface area (Å²) in [5.74, 6) is 0.137. The number of halogens is 1. The minimum Gasteiger partial charge on any atom is -0.497 e. The first kappa shape index (κ1) is 23.9. The van der Waals surface area contributed by atoms with Crippen LogP contribution in [0.1, 0.15) is 19.4 Å². The first-order valence-electron chi connectivity index (χ1n) is 11.0. The number of imidazole rings is 1. The van der Waals surface area contributed by atoms with Crippen molar-refractivity contribution in [2.45, 2.75) is 20.8 Å². The van der Waals surface area contributed by atoms with E-state index in [1.54, 1.807) is 45.5 Å². The van der Waals surface area contributed by atoms with Gasteiger partial charge in [-0.1, -0.05) is 6.07 Å². The van der Waals surface area contributed by atoms with Crippen molar-refractivity contribution in [1.82, 2.24) is 15.0 Å². The molecular weight excluding hydrogens is 449 g/mol. The predicted octanol–water partition coefficient (Wildman–Crippen LogP) is 5.75. The summed E-state index contributed by atoms with van der Waals surface area (Å²) in [5.41, 5.74) is 3.25. The van der Waals surface area contributed by atoms with Crippen LogP contribution >= 0.6 is 0 Å². The quantitative estimate of drug-likeness (QED) is 0.337. The van der Waals surface area contributed by atoms with E-state index in [9.17, 15) is 9.90 Å². The van der Waals surface area contributed by atoms with Gasteiger partial charge in [0.1, 0.15) is 24.0 Å². The SMILES string of the molecule is COc1ccc(-c2cnc(-c3ccc(-c4cnc(OCC(C)(C)C(=O)O)cc4C)cc3F)[nH]2)cc1. The van der Waals surface area contributed by atoms with Gasteiger partial charge in [0, 0.05) is 17.8 Å². The van der Waals surface area contributed by atoms with E-state index < -0.39 is 17.2 Å². The summed E-state index contributed by atoms with van der Waals surface area (Å²) < 4.78 is 25.8. The molecule has 2 N–H and O–H groups in total. The molecule has 2 aromatic heterocycles. The number of aromatic nitrogens is 3. The fraction of sp³-hybridized carbons (Fsp3) is 0.222. The molecule has 35 heavy (non-hydrogen) atoms. The number of hydrogen-bond acceptors (Lipinski definition) is 5. The van der Waals surface area contributed by atoms with Gasteiger partial charge in [-0.2, -0.15) is 0 Å². The van der Waals surface area contributed by atoms with Crippen LogP contribution in [0.15, 0.2) is 60.9 Å². The van der Waals surface area contributed by atoms with Crippen LogP contribution in [-0.4, -0.2) is 39.7 Å². The van der Waals surface area contributed by atoms with Crippen molar-refractivity contribution in [3.8, 4) is 45.4 Å². The van der Waals surface area contributed by atoms with Crippen LogP contribution in [0.5, 0.6) is 11.6 Å². The number of nitrogens with one attached hydrogen (secondary N) is 1. The molecule has 7 nitrogen and oxygen atoms in total. The number of aromatic amines is 1. The topological polar surface area (TPSA) is 97.3 Å². The predicted molar refractivity (Wildman–Crippen MR) is 131 cm³/mol. The minimum atomic E-state index is -1.04. The van der Waals surface area contributed by atoms with Crippen molar-refractivity contribution in [2.75, 3.05) is 13.7 Å². The molecule has 0 aliphatic rings. The summed E-state index contributed by atoms with van der Waals surface area (Å²) in [6, 6.07) is 14.2. The maximum Gasteiger partial charge on any atom is 0.312 e. The summed E-state index contributed by atoms with van der Waals surface area (Å²) >= 11 is 0. The second-order valence-electron chi connectivity index (χ2n) is 8.88. The number of H-pyrrole nitrogens is 1. The Bertz CT molecular complexity index is 1360. The van der Waals surface area contributed by atoms with Crippen LogP contribution in [-0.2, 0) is 4.79 Å². The lowest BCUT2D eigenvalue weighted by Gasteiger charge is -2.19. The zero-order valence-corrected chi connectivity index (χ0v) is 19.9. The second kappa shape index (κ2) is 9.58. The molecule has 0 bridgehead atoms. The number of carboxylic acids is 1. The molecule has 2 heterocycles. The highest BCUT2D eigenvalue weighted by Crippen LogP contribution is 2.31. The smallest absolute Gasteiger partial charge is 0.312 e. The zero-order chi connectivity index (χ0) is 25.2. The molecule has 0 fully saturated rings. The average Bonchev–Trinajstić information content (AvgIpc) is 3.33. The molecular formula is C27H26FN3O4. The number of benzene rings is 2. The third kappa shape index (κ3) is 5.16. The summed E-state index contributed by atoms with van der Waals surface area (Å²) in [7, 11) is 1.61. The zero-order valence-electron chi connectivity index (χ0n) is 19.9. The summed E-state index contributed by atoms with van der Waals surface area (Å²) in [6.07, 6.45) is 3.27. The Labute approximate surface area is 202 Å².